The second-order valence-corrected chi connectivity index (χ2v) is 8.16. The summed E-state index contributed by atoms with van der Waals surface area (Å²) in [6, 6.07) is 19.0. The van der Waals surface area contributed by atoms with Gasteiger partial charge in [-0.05, 0) is 35.9 Å². The summed E-state index contributed by atoms with van der Waals surface area (Å²) in [5.74, 6) is -1.97. The molecule has 31 heavy (non-hydrogen) atoms. The van der Waals surface area contributed by atoms with Gasteiger partial charge < -0.3 is 4.42 Å². The Balaban J connectivity index is 1.52. The number of benzene rings is 2. The van der Waals surface area contributed by atoms with Crippen LogP contribution in [0.1, 0.15) is 27.7 Å². The number of nitrogens with zero attached hydrogens (tertiary/aromatic N) is 1. The van der Waals surface area contributed by atoms with Gasteiger partial charge in [-0.15, -0.1) is 0 Å². The van der Waals surface area contributed by atoms with E-state index in [0.717, 1.165) is 16.0 Å². The van der Waals surface area contributed by atoms with Crippen molar-refractivity contribution in [3.63, 3.8) is 0 Å². The lowest BCUT2D eigenvalue weighted by Crippen LogP contribution is -3.12. The van der Waals surface area contributed by atoms with Crippen molar-refractivity contribution in [2.75, 3.05) is 4.90 Å². The summed E-state index contributed by atoms with van der Waals surface area (Å²) in [6.45, 7) is 0. The molecule has 0 spiro atoms. The summed E-state index contributed by atoms with van der Waals surface area (Å²) in [5, 5.41) is 0. The molecular formula is C25H19N2O4+. The lowest BCUT2D eigenvalue weighted by atomic mass is 9.84. The highest BCUT2D eigenvalue weighted by Crippen LogP contribution is 2.45. The summed E-state index contributed by atoms with van der Waals surface area (Å²) in [7, 11) is 0. The van der Waals surface area contributed by atoms with E-state index in [1.165, 1.54) is 11.2 Å². The Labute approximate surface area is 178 Å². The van der Waals surface area contributed by atoms with Crippen LogP contribution in [0.15, 0.2) is 83.6 Å². The number of fused-ring (bicyclic) bond motifs is 5. The molecule has 0 aliphatic carbocycles. The molecule has 152 valence electrons. The number of ketones is 1. The van der Waals surface area contributed by atoms with E-state index in [9.17, 15) is 14.4 Å². The molecule has 2 aromatic carbocycles. The molecule has 2 amide bonds. The van der Waals surface area contributed by atoms with Crippen LogP contribution in [0, 0.1) is 11.8 Å². The van der Waals surface area contributed by atoms with E-state index in [2.05, 4.69) is 0 Å². The summed E-state index contributed by atoms with van der Waals surface area (Å²) < 4.78 is 5.38. The molecule has 2 fully saturated rings. The maximum absolute atomic E-state index is 13.7. The molecule has 1 unspecified atom stereocenters. The molecule has 6 nitrogen and oxygen atoms in total. The number of furan rings is 1. The molecule has 5 atom stereocenters. The fraction of sp³-hybridized carbons (Fsp3) is 0.160. The first-order valence-corrected chi connectivity index (χ1v) is 10.3. The van der Waals surface area contributed by atoms with Crippen molar-refractivity contribution in [2.45, 2.75) is 12.1 Å². The van der Waals surface area contributed by atoms with Crippen LogP contribution in [0.4, 0.5) is 5.69 Å². The van der Waals surface area contributed by atoms with Crippen molar-refractivity contribution < 1.29 is 23.7 Å². The van der Waals surface area contributed by atoms with E-state index in [1.807, 2.05) is 42.6 Å². The lowest BCUT2D eigenvalue weighted by molar-refractivity contribution is -0.884. The second-order valence-electron chi connectivity index (χ2n) is 8.16. The summed E-state index contributed by atoms with van der Waals surface area (Å²) in [4.78, 5) is 42.8. The number of rotatable bonds is 3. The molecule has 4 heterocycles. The molecule has 1 aromatic heterocycles. The normalized spacial score (nSPS) is 28.4. The number of hydrogen-bond acceptors (Lipinski definition) is 4. The van der Waals surface area contributed by atoms with Gasteiger partial charge in [0.05, 0.1) is 18.2 Å². The highest BCUT2D eigenvalue weighted by molar-refractivity contribution is 6.24. The van der Waals surface area contributed by atoms with E-state index in [4.69, 9.17) is 4.42 Å². The van der Waals surface area contributed by atoms with Crippen molar-refractivity contribution in [1.29, 1.82) is 0 Å². The Morgan fingerprint density at radius 1 is 0.871 bits per heavy atom. The van der Waals surface area contributed by atoms with Gasteiger partial charge in [0.25, 0.3) is 5.78 Å². The maximum Gasteiger partial charge on any atom is 0.256 e. The van der Waals surface area contributed by atoms with Crippen LogP contribution in [-0.2, 0) is 9.59 Å². The number of carbonyl (C=O) groups excluding carboxylic acids is 3. The van der Waals surface area contributed by atoms with E-state index in [1.54, 1.807) is 36.4 Å². The van der Waals surface area contributed by atoms with Crippen LogP contribution in [0.25, 0.3) is 6.08 Å². The lowest BCUT2D eigenvalue weighted by Gasteiger charge is -2.30. The zero-order chi connectivity index (χ0) is 21.1. The third kappa shape index (κ3) is 2.45. The summed E-state index contributed by atoms with van der Waals surface area (Å²) in [6.07, 6.45) is 5.34. The van der Waals surface area contributed by atoms with Gasteiger partial charge in [0.2, 0.25) is 11.8 Å². The quantitative estimate of drug-likeness (QED) is 0.530. The first-order chi connectivity index (χ1) is 15.2. The average molecular weight is 411 g/mol. The Morgan fingerprint density at radius 3 is 2.39 bits per heavy atom. The smallest absolute Gasteiger partial charge is 0.256 e. The van der Waals surface area contributed by atoms with Gasteiger partial charge in [-0.3, -0.25) is 19.3 Å². The molecule has 3 aliphatic heterocycles. The summed E-state index contributed by atoms with van der Waals surface area (Å²) in [5.41, 5.74) is 2.54. The van der Waals surface area contributed by atoms with Crippen LogP contribution in [0.2, 0.25) is 0 Å². The van der Waals surface area contributed by atoms with E-state index < -0.39 is 17.9 Å². The molecular weight excluding hydrogens is 392 g/mol. The Kier molecular flexibility index (Phi) is 3.85. The Bertz CT molecular complexity index is 1230. The first-order valence-electron chi connectivity index (χ1n) is 10.3. The number of anilines is 1. The predicted molar refractivity (Wildman–Crippen MR) is 112 cm³/mol. The number of imide groups is 1. The van der Waals surface area contributed by atoms with Crippen molar-refractivity contribution in [2.24, 2.45) is 11.8 Å². The number of amides is 2. The fourth-order valence-corrected chi connectivity index (χ4v) is 5.45. The highest BCUT2D eigenvalue weighted by Gasteiger charge is 2.68. The predicted octanol–water partition coefficient (Wildman–Crippen LogP) is 2.26. The van der Waals surface area contributed by atoms with E-state index in [-0.39, 0.29) is 29.4 Å². The molecule has 6 rings (SSSR count). The van der Waals surface area contributed by atoms with E-state index >= 15 is 0 Å². The van der Waals surface area contributed by atoms with Crippen molar-refractivity contribution in [3.05, 3.63) is 96.1 Å². The van der Waals surface area contributed by atoms with Gasteiger partial charge in [0, 0.05) is 5.56 Å². The van der Waals surface area contributed by atoms with Gasteiger partial charge in [-0.25, -0.2) is 4.90 Å². The largest absolute Gasteiger partial charge is 0.461 e. The van der Waals surface area contributed by atoms with Crippen molar-refractivity contribution in [1.82, 2.24) is 0 Å². The van der Waals surface area contributed by atoms with Gasteiger partial charge in [-0.2, -0.15) is 0 Å². The van der Waals surface area contributed by atoms with Gasteiger partial charge in [0.15, 0.2) is 11.8 Å². The number of Topliss-reactive ketones (excluding diaryl/α,β-unsaturated/α-hetero) is 1. The van der Waals surface area contributed by atoms with Crippen molar-refractivity contribution >= 4 is 29.4 Å². The van der Waals surface area contributed by atoms with Gasteiger partial charge in [0.1, 0.15) is 17.9 Å². The summed E-state index contributed by atoms with van der Waals surface area (Å²) >= 11 is 0. The number of carbonyl (C=O) groups is 3. The van der Waals surface area contributed by atoms with Crippen LogP contribution >= 0.6 is 0 Å². The Morgan fingerprint density at radius 2 is 1.61 bits per heavy atom. The minimum Gasteiger partial charge on any atom is -0.461 e. The average Bonchev–Trinajstić information content (AvgIpc) is 3.50. The Hall–Kier alpha value is -3.77. The molecule has 1 N–H and O–H groups in total. The minimum atomic E-state index is -0.749. The SMILES string of the molecule is O=C(c1ccco1)[C@H]1[C@H]2C(=O)N(c3ccccc3)C(=O)[C@H]2[C@@H]2c3ccccc3C=C[NH+]12. The van der Waals surface area contributed by atoms with Gasteiger partial charge in [-0.1, -0.05) is 42.5 Å². The monoisotopic (exact) mass is 411 g/mol. The van der Waals surface area contributed by atoms with Crippen LogP contribution in [0.5, 0.6) is 0 Å². The molecule has 6 heteroatoms. The minimum absolute atomic E-state index is 0.211. The van der Waals surface area contributed by atoms with E-state index in [0.29, 0.717) is 5.69 Å². The van der Waals surface area contributed by atoms with Gasteiger partial charge >= 0.3 is 0 Å². The number of hydrogen-bond donors (Lipinski definition) is 1. The maximum atomic E-state index is 13.7. The molecule has 0 bridgehead atoms. The number of quaternary nitrogens is 1. The second kappa shape index (κ2) is 6.62. The molecule has 0 radical (unpaired) electrons. The molecule has 2 saturated heterocycles. The van der Waals surface area contributed by atoms with Crippen LogP contribution < -0.4 is 9.80 Å². The van der Waals surface area contributed by atoms with Crippen LogP contribution in [0.3, 0.4) is 0 Å². The topological polar surface area (TPSA) is 72.0 Å². The molecule has 0 saturated carbocycles. The number of nitrogens with one attached hydrogen (secondary N) is 1. The fourth-order valence-electron chi connectivity index (χ4n) is 5.45. The highest BCUT2D eigenvalue weighted by atomic mass is 16.3. The standard InChI is InChI=1S/C25H18N2O4/c28-23(18-11-6-14-31-18)22-20-19(21-17-10-5-4-7-15(17)12-13-26(21)22)24(29)27(25(20)30)16-8-2-1-3-9-16/h1-14,19-22H/p+1/t19-,20+,21+,22-/m1/s1. The molecule has 3 aliphatic rings. The van der Waals surface area contributed by atoms with Crippen molar-refractivity contribution in [3.8, 4) is 0 Å². The molecule has 3 aromatic rings. The number of para-hydroxylation sites is 1. The zero-order valence-corrected chi connectivity index (χ0v) is 16.5. The first kappa shape index (κ1) is 18.0. The third-order valence-corrected chi connectivity index (χ3v) is 6.68. The third-order valence-electron chi connectivity index (χ3n) is 6.68. The zero-order valence-electron chi connectivity index (χ0n) is 16.5. The van der Waals surface area contributed by atoms with Crippen LogP contribution in [-0.4, -0.2) is 23.6 Å².